The Morgan fingerprint density at radius 1 is 1.08 bits per heavy atom. The van der Waals surface area contributed by atoms with Crippen molar-refractivity contribution in [3.05, 3.63) is 112 Å². The number of thiocarbonyl (C=S) groups is 1. The molecule has 1 saturated heterocycles. The zero-order valence-corrected chi connectivity index (χ0v) is 23.9. The molecule has 1 amide bonds. The van der Waals surface area contributed by atoms with E-state index in [1.807, 2.05) is 66.7 Å². The van der Waals surface area contributed by atoms with Gasteiger partial charge in [-0.2, -0.15) is 0 Å². The monoisotopic (exact) mass is 557 g/mol. The Balaban J connectivity index is 1.46. The SMILES string of the molecule is CCc1ccccc1NC(=O)CCN1C(=S)N[C@H](c2ccccn2)[C@H]1c1cc(C)n(-c2ccc(Cl)cc2)c1C. The molecular formula is C31H32ClN5OS. The molecule has 0 radical (unpaired) electrons. The van der Waals surface area contributed by atoms with Crippen molar-refractivity contribution in [3.63, 3.8) is 0 Å². The summed E-state index contributed by atoms with van der Waals surface area (Å²) in [5, 5.41) is 7.91. The molecule has 1 aliphatic rings. The lowest BCUT2D eigenvalue weighted by Crippen LogP contribution is -2.33. The third-order valence-corrected chi connectivity index (χ3v) is 7.93. The van der Waals surface area contributed by atoms with E-state index in [-0.39, 0.29) is 18.0 Å². The lowest BCUT2D eigenvalue weighted by Gasteiger charge is -2.28. The molecule has 200 valence electrons. The number of carbonyl (C=O) groups excluding carboxylic acids is 1. The number of benzene rings is 2. The van der Waals surface area contributed by atoms with E-state index >= 15 is 0 Å². The quantitative estimate of drug-likeness (QED) is 0.236. The Hall–Kier alpha value is -3.68. The van der Waals surface area contributed by atoms with Crippen LogP contribution in [0.5, 0.6) is 0 Å². The van der Waals surface area contributed by atoms with Crippen LogP contribution >= 0.6 is 23.8 Å². The molecule has 0 saturated carbocycles. The van der Waals surface area contributed by atoms with Crippen molar-refractivity contribution in [2.45, 2.75) is 45.7 Å². The minimum absolute atomic E-state index is 0.0367. The first-order chi connectivity index (χ1) is 18.9. The van der Waals surface area contributed by atoms with Crippen molar-refractivity contribution in [1.29, 1.82) is 0 Å². The van der Waals surface area contributed by atoms with Crippen LogP contribution in [0.25, 0.3) is 5.69 Å². The number of pyridine rings is 1. The Bertz CT molecular complexity index is 1480. The van der Waals surface area contributed by atoms with E-state index in [4.69, 9.17) is 23.8 Å². The smallest absolute Gasteiger partial charge is 0.226 e. The number of hydrogen-bond acceptors (Lipinski definition) is 3. The van der Waals surface area contributed by atoms with E-state index in [1.54, 1.807) is 6.20 Å². The lowest BCUT2D eigenvalue weighted by atomic mass is 9.96. The first kappa shape index (κ1) is 26.9. The van der Waals surface area contributed by atoms with Crippen LogP contribution < -0.4 is 10.6 Å². The average Bonchev–Trinajstić information content (AvgIpc) is 3.43. The number of nitrogens with zero attached hydrogens (tertiary/aromatic N) is 3. The van der Waals surface area contributed by atoms with Crippen LogP contribution in [0.15, 0.2) is 79.0 Å². The maximum Gasteiger partial charge on any atom is 0.226 e. The van der Waals surface area contributed by atoms with Crippen LogP contribution in [-0.4, -0.2) is 32.0 Å². The minimum Gasteiger partial charge on any atom is -0.352 e. The van der Waals surface area contributed by atoms with Crippen molar-refractivity contribution in [2.75, 3.05) is 11.9 Å². The van der Waals surface area contributed by atoms with Crippen molar-refractivity contribution >= 4 is 40.5 Å². The molecule has 2 atom stereocenters. The molecule has 2 aromatic heterocycles. The Morgan fingerprint density at radius 3 is 2.54 bits per heavy atom. The molecule has 2 N–H and O–H groups in total. The van der Waals surface area contributed by atoms with Crippen molar-refractivity contribution in [2.24, 2.45) is 0 Å². The van der Waals surface area contributed by atoms with E-state index in [9.17, 15) is 4.79 Å². The number of halogens is 1. The van der Waals surface area contributed by atoms with E-state index in [0.717, 1.165) is 46.0 Å². The summed E-state index contributed by atoms with van der Waals surface area (Å²) >= 11 is 12.0. The highest BCUT2D eigenvalue weighted by atomic mass is 35.5. The maximum atomic E-state index is 13.0. The summed E-state index contributed by atoms with van der Waals surface area (Å²) in [7, 11) is 0. The van der Waals surface area contributed by atoms with Gasteiger partial charge in [0.25, 0.3) is 0 Å². The topological polar surface area (TPSA) is 62.2 Å². The normalized spacial score (nSPS) is 16.8. The zero-order valence-electron chi connectivity index (χ0n) is 22.3. The minimum atomic E-state index is -0.151. The largest absolute Gasteiger partial charge is 0.352 e. The molecular weight excluding hydrogens is 526 g/mol. The van der Waals surface area contributed by atoms with Crippen LogP contribution in [0, 0.1) is 13.8 Å². The van der Waals surface area contributed by atoms with Gasteiger partial charge in [-0.15, -0.1) is 0 Å². The molecule has 0 spiro atoms. The Labute approximate surface area is 240 Å². The lowest BCUT2D eigenvalue weighted by molar-refractivity contribution is -0.116. The molecule has 6 nitrogen and oxygen atoms in total. The molecule has 8 heteroatoms. The predicted molar refractivity (Wildman–Crippen MR) is 161 cm³/mol. The fraction of sp³-hybridized carbons (Fsp3) is 0.258. The number of aryl methyl sites for hydroxylation is 2. The number of carbonyl (C=O) groups is 1. The molecule has 0 aliphatic carbocycles. The molecule has 0 bridgehead atoms. The fourth-order valence-corrected chi connectivity index (χ4v) is 5.90. The van der Waals surface area contributed by atoms with Crippen LogP contribution in [-0.2, 0) is 11.2 Å². The van der Waals surface area contributed by atoms with Gasteiger partial charge in [0.15, 0.2) is 5.11 Å². The maximum absolute atomic E-state index is 13.0. The number of aromatic nitrogens is 2. The molecule has 2 aromatic carbocycles. The number of para-hydroxylation sites is 1. The van der Waals surface area contributed by atoms with Gasteiger partial charge in [0.1, 0.15) is 0 Å². The second-order valence-corrected chi connectivity index (χ2v) is 10.6. The molecule has 39 heavy (non-hydrogen) atoms. The van der Waals surface area contributed by atoms with Crippen LogP contribution in [0.2, 0.25) is 5.02 Å². The second kappa shape index (κ2) is 11.6. The highest BCUT2D eigenvalue weighted by Gasteiger charge is 2.41. The van der Waals surface area contributed by atoms with E-state index in [2.05, 4.69) is 51.9 Å². The molecule has 0 unspecified atom stereocenters. The Morgan fingerprint density at radius 2 is 1.82 bits per heavy atom. The van der Waals surface area contributed by atoms with Gasteiger partial charge in [0.05, 0.1) is 17.8 Å². The van der Waals surface area contributed by atoms with Gasteiger partial charge in [-0.05, 0) is 92.1 Å². The van der Waals surface area contributed by atoms with E-state index < -0.39 is 0 Å². The molecule has 1 aliphatic heterocycles. The van der Waals surface area contributed by atoms with Gasteiger partial charge in [-0.3, -0.25) is 9.78 Å². The predicted octanol–water partition coefficient (Wildman–Crippen LogP) is 6.71. The molecule has 1 fully saturated rings. The van der Waals surface area contributed by atoms with Crippen LogP contribution in [0.3, 0.4) is 0 Å². The van der Waals surface area contributed by atoms with Gasteiger partial charge in [-0.1, -0.05) is 42.8 Å². The number of anilines is 1. The fourth-order valence-electron chi connectivity index (χ4n) is 5.44. The summed E-state index contributed by atoms with van der Waals surface area (Å²) in [6.45, 7) is 6.79. The van der Waals surface area contributed by atoms with Gasteiger partial charge in [-0.25, -0.2) is 0 Å². The average molecular weight is 558 g/mol. The number of nitrogens with one attached hydrogen (secondary N) is 2. The first-order valence-electron chi connectivity index (χ1n) is 13.2. The summed E-state index contributed by atoms with van der Waals surface area (Å²) in [5.74, 6) is -0.0367. The summed E-state index contributed by atoms with van der Waals surface area (Å²) < 4.78 is 2.23. The van der Waals surface area contributed by atoms with Crippen LogP contribution in [0.4, 0.5) is 5.69 Å². The van der Waals surface area contributed by atoms with E-state index in [1.165, 1.54) is 0 Å². The van der Waals surface area contributed by atoms with E-state index in [0.29, 0.717) is 23.1 Å². The summed E-state index contributed by atoms with van der Waals surface area (Å²) in [6.07, 6.45) is 2.96. The van der Waals surface area contributed by atoms with Gasteiger partial charge in [0, 0.05) is 46.9 Å². The zero-order chi connectivity index (χ0) is 27.5. The third-order valence-electron chi connectivity index (χ3n) is 7.32. The van der Waals surface area contributed by atoms with Crippen molar-refractivity contribution in [3.8, 4) is 5.69 Å². The van der Waals surface area contributed by atoms with Crippen molar-refractivity contribution in [1.82, 2.24) is 19.8 Å². The third kappa shape index (κ3) is 5.56. The van der Waals surface area contributed by atoms with Gasteiger partial charge < -0.3 is 20.1 Å². The number of rotatable bonds is 8. The summed E-state index contributed by atoms with van der Waals surface area (Å²) in [5.41, 5.74) is 7.29. The summed E-state index contributed by atoms with van der Waals surface area (Å²) in [4.78, 5) is 19.8. The molecule has 5 rings (SSSR count). The van der Waals surface area contributed by atoms with Crippen LogP contribution in [0.1, 0.15) is 53.6 Å². The second-order valence-electron chi connectivity index (χ2n) is 9.77. The summed E-state index contributed by atoms with van der Waals surface area (Å²) in [6, 6.07) is 23.6. The van der Waals surface area contributed by atoms with Crippen molar-refractivity contribution < 1.29 is 4.79 Å². The highest BCUT2D eigenvalue weighted by molar-refractivity contribution is 7.80. The first-order valence-corrected chi connectivity index (χ1v) is 14.0. The molecule has 3 heterocycles. The highest BCUT2D eigenvalue weighted by Crippen LogP contribution is 2.41. The standard InChI is InChI=1S/C31H32ClN5OS/c1-4-22-9-5-6-10-26(22)34-28(38)16-18-36-30(29(35-31(36)39)27-11-7-8-17-33-27)25-19-20(2)37(21(25)3)24-14-12-23(32)13-15-24/h5-15,17,19,29-30H,4,16,18H2,1-3H3,(H,34,38)(H,35,39)/t29-,30-/m1/s1. The number of amides is 1. The number of hydrogen-bond donors (Lipinski definition) is 2. The Kier molecular flexibility index (Phi) is 8.00. The molecule has 4 aromatic rings. The van der Waals surface area contributed by atoms with Gasteiger partial charge in [0.2, 0.25) is 5.91 Å². The van der Waals surface area contributed by atoms with Gasteiger partial charge >= 0.3 is 0 Å².